The third-order valence-corrected chi connectivity index (χ3v) is 4.86. The molecule has 0 aliphatic carbocycles. The topological polar surface area (TPSA) is 9.23 Å². The van der Waals surface area contributed by atoms with E-state index in [2.05, 4.69) is 78.9 Å². The van der Waals surface area contributed by atoms with Crippen molar-refractivity contribution in [2.45, 2.75) is 32.0 Å². The number of fused-ring (bicyclic) bond motifs is 1. The zero-order valence-electron chi connectivity index (χ0n) is 13.9. The minimum absolute atomic E-state index is 0.00133. The highest BCUT2D eigenvalue weighted by Gasteiger charge is 2.28. The maximum atomic E-state index is 6.51. The molecule has 24 heavy (non-hydrogen) atoms. The Balaban J connectivity index is 1.69. The Morgan fingerprint density at radius 1 is 0.833 bits per heavy atom. The molecule has 0 aromatic heterocycles. The van der Waals surface area contributed by atoms with E-state index in [0.29, 0.717) is 0 Å². The third-order valence-electron chi connectivity index (χ3n) is 4.86. The Morgan fingerprint density at radius 2 is 1.58 bits per heavy atom. The smallest absolute Gasteiger partial charge is 0.105 e. The van der Waals surface area contributed by atoms with Gasteiger partial charge in [0, 0.05) is 0 Å². The molecule has 1 aliphatic rings. The molecule has 0 bridgehead atoms. The number of ether oxygens (including phenoxy) is 1. The van der Waals surface area contributed by atoms with Crippen molar-refractivity contribution >= 4 is 10.8 Å². The van der Waals surface area contributed by atoms with E-state index in [1.54, 1.807) is 0 Å². The molecule has 1 nitrogen and oxygen atoms in total. The summed E-state index contributed by atoms with van der Waals surface area (Å²) >= 11 is 0. The normalized spacial score (nSPS) is 22.8. The van der Waals surface area contributed by atoms with Gasteiger partial charge in [-0.25, -0.2) is 0 Å². The summed E-state index contributed by atoms with van der Waals surface area (Å²) in [7, 11) is 0. The molecule has 1 fully saturated rings. The second-order valence-electron chi connectivity index (χ2n) is 6.34. The Hall–Kier alpha value is -2.38. The van der Waals surface area contributed by atoms with Crippen molar-refractivity contribution in [1.82, 2.24) is 0 Å². The van der Waals surface area contributed by atoms with Crippen molar-refractivity contribution in [1.29, 1.82) is 0 Å². The molecule has 1 heterocycles. The average Bonchev–Trinajstić information content (AvgIpc) is 2.68. The molecule has 2 atom stereocenters. The first-order valence-corrected chi connectivity index (χ1v) is 8.58. The monoisotopic (exact) mass is 313 g/mol. The van der Waals surface area contributed by atoms with Gasteiger partial charge in [-0.15, -0.1) is 0 Å². The third kappa shape index (κ3) is 2.88. The number of rotatable bonds is 2. The molecule has 1 heteroatoms. The number of hydrogen-bond acceptors (Lipinski definition) is 1. The van der Waals surface area contributed by atoms with E-state index in [1.165, 1.54) is 27.5 Å². The maximum Gasteiger partial charge on any atom is 0.105 e. The fourth-order valence-electron chi connectivity index (χ4n) is 3.55. The zero-order chi connectivity index (χ0) is 16.4. The number of hydrogen-bond donors (Lipinski definition) is 0. The molecule has 3 aromatic rings. The van der Waals surface area contributed by atoms with Crippen LogP contribution >= 0.6 is 0 Å². The molecule has 2 unspecified atom stereocenters. The molecule has 0 saturated carbocycles. The van der Waals surface area contributed by atoms with Crippen LogP contribution in [0.5, 0.6) is 0 Å². The highest BCUT2D eigenvalue weighted by Crippen LogP contribution is 2.42. The van der Waals surface area contributed by atoms with Crippen LogP contribution in [-0.2, 0) is 4.74 Å². The molecule has 1 radical (unpaired) electrons. The Kier molecular flexibility index (Phi) is 4.18. The van der Waals surface area contributed by atoms with Crippen molar-refractivity contribution in [3.63, 3.8) is 0 Å². The minimum Gasteiger partial charge on any atom is -0.361 e. The Bertz CT molecular complexity index is 863. The van der Waals surface area contributed by atoms with Crippen molar-refractivity contribution in [3.05, 3.63) is 95.6 Å². The second-order valence-corrected chi connectivity index (χ2v) is 6.34. The van der Waals surface area contributed by atoms with Crippen molar-refractivity contribution in [2.75, 3.05) is 0 Å². The minimum atomic E-state index is -0.00133. The highest BCUT2D eigenvalue weighted by molar-refractivity contribution is 5.83. The summed E-state index contributed by atoms with van der Waals surface area (Å²) in [4.78, 5) is 0. The van der Waals surface area contributed by atoms with Crippen LogP contribution in [0, 0.1) is 6.08 Å². The van der Waals surface area contributed by atoms with Crippen molar-refractivity contribution in [2.24, 2.45) is 0 Å². The van der Waals surface area contributed by atoms with Crippen molar-refractivity contribution in [3.8, 4) is 0 Å². The lowest BCUT2D eigenvalue weighted by Gasteiger charge is -2.33. The fraction of sp³-hybridized carbons (Fsp3) is 0.217. The van der Waals surface area contributed by atoms with Gasteiger partial charge in [0.15, 0.2) is 0 Å². The summed E-state index contributed by atoms with van der Waals surface area (Å²) in [6, 6.07) is 25.7. The van der Waals surface area contributed by atoms with Crippen LogP contribution < -0.4 is 0 Å². The summed E-state index contributed by atoms with van der Waals surface area (Å²) in [6.45, 7) is 2.00. The highest BCUT2D eigenvalue weighted by atomic mass is 16.5. The van der Waals surface area contributed by atoms with Gasteiger partial charge in [0.1, 0.15) is 6.10 Å². The van der Waals surface area contributed by atoms with Gasteiger partial charge in [-0.2, -0.15) is 0 Å². The van der Waals surface area contributed by atoms with Gasteiger partial charge in [0.25, 0.3) is 0 Å². The standard InChI is InChI=1S/C23H21O/c1-2-17-14-15-22(19-9-4-3-5-10-19)24-23(17)21-13-12-18-8-6-7-11-20(18)16-21/h3-13,16,22-23H,14-15H2,1H3. The average molecular weight is 313 g/mol. The van der Waals surface area contributed by atoms with Crippen molar-refractivity contribution < 1.29 is 4.74 Å². The molecule has 0 amide bonds. The molecule has 0 N–H and O–H groups in total. The van der Waals surface area contributed by atoms with Gasteiger partial charge >= 0.3 is 0 Å². The second kappa shape index (κ2) is 6.62. The first-order valence-electron chi connectivity index (χ1n) is 8.58. The van der Waals surface area contributed by atoms with E-state index in [-0.39, 0.29) is 12.2 Å². The van der Waals surface area contributed by atoms with E-state index in [0.717, 1.165) is 12.8 Å². The SMILES string of the molecule is C/[C]=C1\CCC(c2ccccc2)OC1c1ccc2ccccc2c1. The van der Waals surface area contributed by atoms with Gasteiger partial charge in [-0.3, -0.25) is 0 Å². The molecule has 1 saturated heterocycles. The van der Waals surface area contributed by atoms with Crippen LogP contribution in [-0.4, -0.2) is 0 Å². The molecule has 119 valence electrons. The van der Waals surface area contributed by atoms with E-state index < -0.39 is 0 Å². The maximum absolute atomic E-state index is 6.51. The molecule has 0 spiro atoms. The summed E-state index contributed by atoms with van der Waals surface area (Å²) in [6.07, 6.45) is 5.57. The van der Waals surface area contributed by atoms with Gasteiger partial charge in [-0.1, -0.05) is 66.7 Å². The van der Waals surface area contributed by atoms with E-state index >= 15 is 0 Å². The number of allylic oxidation sites excluding steroid dienone is 1. The lowest BCUT2D eigenvalue weighted by molar-refractivity contribution is -0.0226. The molecule has 3 aromatic carbocycles. The van der Waals surface area contributed by atoms with E-state index in [1.807, 2.05) is 6.92 Å². The summed E-state index contributed by atoms with van der Waals surface area (Å²) < 4.78 is 6.51. The Labute approximate surface area is 143 Å². The van der Waals surface area contributed by atoms with Crippen LogP contribution in [0.3, 0.4) is 0 Å². The van der Waals surface area contributed by atoms with Gasteiger partial charge in [-0.05, 0) is 59.4 Å². The largest absolute Gasteiger partial charge is 0.361 e. The predicted molar refractivity (Wildman–Crippen MR) is 98.6 cm³/mol. The molecule has 1 aliphatic heterocycles. The summed E-state index contributed by atoms with van der Waals surface area (Å²) in [5.41, 5.74) is 3.74. The first kappa shape index (κ1) is 15.2. The lowest BCUT2D eigenvalue weighted by atomic mass is 9.90. The zero-order valence-corrected chi connectivity index (χ0v) is 13.9. The van der Waals surface area contributed by atoms with Crippen LogP contribution in [0.25, 0.3) is 10.8 Å². The van der Waals surface area contributed by atoms with Crippen LogP contribution in [0.15, 0.2) is 78.4 Å². The summed E-state index contributed by atoms with van der Waals surface area (Å²) in [5.74, 6) is 0. The molecular weight excluding hydrogens is 292 g/mol. The fourth-order valence-corrected chi connectivity index (χ4v) is 3.55. The van der Waals surface area contributed by atoms with Crippen LogP contribution in [0.4, 0.5) is 0 Å². The number of benzene rings is 3. The van der Waals surface area contributed by atoms with Crippen LogP contribution in [0.1, 0.15) is 43.1 Å². The summed E-state index contributed by atoms with van der Waals surface area (Å²) in [5, 5.41) is 2.53. The quantitative estimate of drug-likeness (QED) is 0.548. The first-order chi connectivity index (χ1) is 11.8. The van der Waals surface area contributed by atoms with Gasteiger partial charge < -0.3 is 4.74 Å². The van der Waals surface area contributed by atoms with E-state index in [4.69, 9.17) is 4.74 Å². The Morgan fingerprint density at radius 3 is 2.38 bits per heavy atom. The molecular formula is C23H21O. The van der Waals surface area contributed by atoms with E-state index in [9.17, 15) is 0 Å². The lowest BCUT2D eigenvalue weighted by Crippen LogP contribution is -2.19. The van der Waals surface area contributed by atoms with Crippen LogP contribution in [0.2, 0.25) is 0 Å². The van der Waals surface area contributed by atoms with Gasteiger partial charge in [0.2, 0.25) is 0 Å². The van der Waals surface area contributed by atoms with Gasteiger partial charge in [0.05, 0.1) is 6.10 Å². The molecule has 4 rings (SSSR count). The predicted octanol–water partition coefficient (Wildman–Crippen LogP) is 6.18.